The van der Waals surface area contributed by atoms with Gasteiger partial charge in [-0.3, -0.25) is 0 Å². The zero-order chi connectivity index (χ0) is 10.4. The predicted octanol–water partition coefficient (Wildman–Crippen LogP) is 2.62. The summed E-state index contributed by atoms with van der Waals surface area (Å²) in [7, 11) is 0. The molecule has 0 unspecified atom stereocenters. The van der Waals surface area contributed by atoms with Crippen LogP contribution >= 0.6 is 0 Å². The van der Waals surface area contributed by atoms with E-state index in [1.54, 1.807) is 0 Å². The van der Waals surface area contributed by atoms with Crippen LogP contribution in [-0.2, 0) is 0 Å². The van der Waals surface area contributed by atoms with Crippen LogP contribution in [0.25, 0.3) is 0 Å². The lowest BCUT2D eigenvalue weighted by atomic mass is 10.1. The van der Waals surface area contributed by atoms with Gasteiger partial charge in [0.05, 0.1) is 11.6 Å². The summed E-state index contributed by atoms with van der Waals surface area (Å²) in [6, 6.07) is 10.2. The molecule has 2 nitrogen and oxygen atoms in total. The van der Waals surface area contributed by atoms with Gasteiger partial charge in [0.2, 0.25) is 0 Å². The first-order valence-electron chi connectivity index (χ1n) is 5.01. The van der Waals surface area contributed by atoms with E-state index in [1.165, 1.54) is 5.56 Å². The molecule has 0 fully saturated rings. The number of hydrogen-bond acceptors (Lipinski definition) is 2. The Bertz CT molecular complexity index is 325. The van der Waals surface area contributed by atoms with Crippen molar-refractivity contribution in [1.29, 1.82) is 5.26 Å². The van der Waals surface area contributed by atoms with Crippen LogP contribution in [0.1, 0.15) is 37.4 Å². The average Bonchev–Trinajstić information content (AvgIpc) is 2.26. The van der Waals surface area contributed by atoms with Crippen LogP contribution in [0.3, 0.4) is 0 Å². The first kappa shape index (κ1) is 10.7. The highest BCUT2D eigenvalue weighted by Crippen LogP contribution is 2.13. The second-order valence-corrected chi connectivity index (χ2v) is 3.41. The Morgan fingerprint density at radius 2 is 2.29 bits per heavy atom. The second kappa shape index (κ2) is 5.41. The van der Waals surface area contributed by atoms with E-state index < -0.39 is 0 Å². The summed E-state index contributed by atoms with van der Waals surface area (Å²) in [6.45, 7) is 5.27. The summed E-state index contributed by atoms with van der Waals surface area (Å²) >= 11 is 0. The Morgan fingerprint density at radius 3 is 2.93 bits per heavy atom. The van der Waals surface area contributed by atoms with Gasteiger partial charge < -0.3 is 5.32 Å². The number of benzene rings is 1. The van der Waals surface area contributed by atoms with Gasteiger partial charge in [-0.2, -0.15) is 5.26 Å². The summed E-state index contributed by atoms with van der Waals surface area (Å²) in [5.41, 5.74) is 1.91. The van der Waals surface area contributed by atoms with Gasteiger partial charge in [-0.1, -0.05) is 19.1 Å². The maximum absolute atomic E-state index is 8.75. The molecule has 2 heteroatoms. The highest BCUT2D eigenvalue weighted by Gasteiger charge is 2.03. The van der Waals surface area contributed by atoms with E-state index in [4.69, 9.17) is 5.26 Å². The average molecular weight is 188 g/mol. The van der Waals surface area contributed by atoms with Crippen LogP contribution in [0.15, 0.2) is 24.3 Å². The smallest absolute Gasteiger partial charge is 0.0991 e. The van der Waals surface area contributed by atoms with Crippen molar-refractivity contribution < 1.29 is 0 Å². The molecule has 0 aliphatic heterocycles. The minimum atomic E-state index is 0.322. The van der Waals surface area contributed by atoms with Crippen LogP contribution in [-0.4, -0.2) is 6.54 Å². The molecule has 74 valence electrons. The fourth-order valence-electron chi connectivity index (χ4n) is 1.36. The van der Waals surface area contributed by atoms with Gasteiger partial charge in [-0.05, 0) is 37.6 Å². The normalized spacial score (nSPS) is 12.1. The molecule has 0 saturated carbocycles. The van der Waals surface area contributed by atoms with E-state index in [1.807, 2.05) is 24.3 Å². The maximum Gasteiger partial charge on any atom is 0.0991 e. The van der Waals surface area contributed by atoms with E-state index >= 15 is 0 Å². The third kappa shape index (κ3) is 2.86. The van der Waals surface area contributed by atoms with Crippen molar-refractivity contribution in [3.63, 3.8) is 0 Å². The third-order valence-electron chi connectivity index (χ3n) is 2.22. The zero-order valence-electron chi connectivity index (χ0n) is 8.75. The van der Waals surface area contributed by atoms with Gasteiger partial charge in [-0.25, -0.2) is 0 Å². The number of rotatable bonds is 4. The van der Waals surface area contributed by atoms with Crippen LogP contribution in [0.4, 0.5) is 0 Å². The number of nitriles is 1. The Kier molecular flexibility index (Phi) is 4.15. The molecule has 0 aliphatic rings. The monoisotopic (exact) mass is 188 g/mol. The van der Waals surface area contributed by atoms with Crippen molar-refractivity contribution in [2.24, 2.45) is 0 Å². The highest BCUT2D eigenvalue weighted by atomic mass is 14.9. The van der Waals surface area contributed by atoms with Gasteiger partial charge in [0.25, 0.3) is 0 Å². The molecule has 0 heterocycles. The minimum absolute atomic E-state index is 0.322. The summed E-state index contributed by atoms with van der Waals surface area (Å²) in [5, 5.41) is 12.1. The SMILES string of the molecule is CCCN[C@H](C)c1cccc(C#N)c1. The standard InChI is InChI=1S/C12H16N2/c1-3-7-14-10(2)12-6-4-5-11(8-12)9-13/h4-6,8,10,14H,3,7H2,1-2H3/t10-/m1/s1. The fourth-order valence-corrected chi connectivity index (χ4v) is 1.36. The van der Waals surface area contributed by atoms with Gasteiger partial charge in [-0.15, -0.1) is 0 Å². The van der Waals surface area contributed by atoms with Crippen molar-refractivity contribution in [1.82, 2.24) is 5.32 Å². The van der Waals surface area contributed by atoms with E-state index in [-0.39, 0.29) is 0 Å². The lowest BCUT2D eigenvalue weighted by Crippen LogP contribution is -2.19. The number of nitrogens with one attached hydrogen (secondary N) is 1. The largest absolute Gasteiger partial charge is 0.310 e. The summed E-state index contributed by atoms with van der Waals surface area (Å²) in [6.07, 6.45) is 1.13. The van der Waals surface area contributed by atoms with Crippen LogP contribution in [0.5, 0.6) is 0 Å². The molecule has 0 aromatic heterocycles. The first-order chi connectivity index (χ1) is 6.77. The van der Waals surface area contributed by atoms with Crippen LogP contribution in [0.2, 0.25) is 0 Å². The van der Waals surface area contributed by atoms with Crippen molar-refractivity contribution in [2.45, 2.75) is 26.3 Å². The number of hydrogen-bond donors (Lipinski definition) is 1. The Balaban J connectivity index is 2.70. The molecule has 1 aromatic carbocycles. The van der Waals surface area contributed by atoms with E-state index in [9.17, 15) is 0 Å². The Morgan fingerprint density at radius 1 is 1.50 bits per heavy atom. The zero-order valence-corrected chi connectivity index (χ0v) is 8.75. The summed E-state index contributed by atoms with van der Waals surface area (Å²) in [5.74, 6) is 0. The maximum atomic E-state index is 8.75. The Labute approximate surface area is 85.6 Å². The third-order valence-corrected chi connectivity index (χ3v) is 2.22. The molecular weight excluding hydrogens is 172 g/mol. The molecule has 0 spiro atoms. The Hall–Kier alpha value is -1.33. The molecule has 0 bridgehead atoms. The molecule has 1 atom stereocenters. The van der Waals surface area contributed by atoms with Gasteiger partial charge >= 0.3 is 0 Å². The van der Waals surface area contributed by atoms with Crippen molar-refractivity contribution in [3.8, 4) is 6.07 Å². The molecule has 1 N–H and O–H groups in total. The van der Waals surface area contributed by atoms with E-state index in [0.717, 1.165) is 18.5 Å². The van der Waals surface area contributed by atoms with Gasteiger partial charge in [0, 0.05) is 6.04 Å². The lowest BCUT2D eigenvalue weighted by molar-refractivity contribution is 0.570. The van der Waals surface area contributed by atoms with Gasteiger partial charge in [0.1, 0.15) is 0 Å². The topological polar surface area (TPSA) is 35.8 Å². The molecule has 0 aliphatic carbocycles. The van der Waals surface area contributed by atoms with E-state index in [0.29, 0.717) is 6.04 Å². The van der Waals surface area contributed by atoms with Crippen LogP contribution in [0, 0.1) is 11.3 Å². The molecule has 14 heavy (non-hydrogen) atoms. The van der Waals surface area contributed by atoms with Crippen molar-refractivity contribution in [3.05, 3.63) is 35.4 Å². The molecule has 0 amide bonds. The molecule has 1 rings (SSSR count). The quantitative estimate of drug-likeness (QED) is 0.788. The minimum Gasteiger partial charge on any atom is -0.310 e. The van der Waals surface area contributed by atoms with Gasteiger partial charge in [0.15, 0.2) is 0 Å². The highest BCUT2D eigenvalue weighted by molar-refractivity contribution is 5.33. The van der Waals surface area contributed by atoms with Crippen LogP contribution < -0.4 is 5.32 Å². The summed E-state index contributed by atoms with van der Waals surface area (Å²) in [4.78, 5) is 0. The second-order valence-electron chi connectivity index (χ2n) is 3.41. The molecule has 0 radical (unpaired) electrons. The summed E-state index contributed by atoms with van der Waals surface area (Å²) < 4.78 is 0. The fraction of sp³-hybridized carbons (Fsp3) is 0.417. The molecular formula is C12H16N2. The first-order valence-corrected chi connectivity index (χ1v) is 5.01. The molecule has 1 aromatic rings. The number of nitrogens with zero attached hydrogens (tertiary/aromatic N) is 1. The lowest BCUT2D eigenvalue weighted by Gasteiger charge is -2.13. The predicted molar refractivity (Wildman–Crippen MR) is 57.9 cm³/mol. The van der Waals surface area contributed by atoms with Crippen molar-refractivity contribution in [2.75, 3.05) is 6.54 Å². The van der Waals surface area contributed by atoms with Crippen molar-refractivity contribution >= 4 is 0 Å². The van der Waals surface area contributed by atoms with E-state index in [2.05, 4.69) is 25.2 Å². The molecule has 0 saturated heterocycles.